The zero-order valence-corrected chi connectivity index (χ0v) is 18.4. The number of phenols is 1. The van der Waals surface area contributed by atoms with Crippen LogP contribution in [0.15, 0.2) is 48.0 Å². The van der Waals surface area contributed by atoms with E-state index in [4.69, 9.17) is 16.6 Å². The Morgan fingerprint density at radius 3 is 2.71 bits per heavy atom. The summed E-state index contributed by atoms with van der Waals surface area (Å²) in [6, 6.07) is 10.6. The molecule has 4 aromatic rings. The number of phenolic OH excluding ortho intramolecular Hbond substituents is 1. The van der Waals surface area contributed by atoms with Crippen LogP contribution in [-0.2, 0) is 0 Å². The van der Waals surface area contributed by atoms with Gasteiger partial charge in [0.15, 0.2) is 5.13 Å². The van der Waals surface area contributed by atoms with Crippen molar-refractivity contribution in [3.8, 4) is 26.6 Å². The van der Waals surface area contributed by atoms with Crippen LogP contribution in [0.2, 0.25) is 5.02 Å². The van der Waals surface area contributed by atoms with Crippen molar-refractivity contribution in [1.29, 1.82) is 0 Å². The SMILES string of the molecule is O=C(O)c1cc(-c2cccs2)cnc1Nc1nc(C2CC2)c(-c2ccc(O)c(Cl)c2)s1. The molecule has 3 N–H and O–H groups in total. The topological polar surface area (TPSA) is 95.3 Å². The Hall–Kier alpha value is -2.94. The van der Waals surface area contributed by atoms with Crippen molar-refractivity contribution in [2.75, 3.05) is 5.32 Å². The van der Waals surface area contributed by atoms with E-state index in [1.807, 2.05) is 17.5 Å². The molecule has 1 aromatic carbocycles. The van der Waals surface area contributed by atoms with E-state index in [1.54, 1.807) is 30.5 Å². The van der Waals surface area contributed by atoms with Gasteiger partial charge >= 0.3 is 5.97 Å². The van der Waals surface area contributed by atoms with E-state index in [1.165, 1.54) is 22.7 Å². The number of carbonyl (C=O) groups is 1. The second kappa shape index (κ2) is 7.96. The molecule has 0 spiro atoms. The van der Waals surface area contributed by atoms with Crippen molar-refractivity contribution >= 4 is 51.2 Å². The second-order valence-electron chi connectivity index (χ2n) is 7.20. The maximum absolute atomic E-state index is 11.9. The molecule has 6 nitrogen and oxygen atoms in total. The first kappa shape index (κ1) is 20.0. The van der Waals surface area contributed by atoms with E-state index in [0.717, 1.165) is 39.4 Å². The number of nitrogens with one attached hydrogen (secondary N) is 1. The fraction of sp³-hybridized carbons (Fsp3) is 0.136. The maximum atomic E-state index is 11.9. The molecule has 0 radical (unpaired) electrons. The van der Waals surface area contributed by atoms with E-state index in [2.05, 4.69) is 10.3 Å². The summed E-state index contributed by atoms with van der Waals surface area (Å²) in [5, 5.41) is 25.4. The van der Waals surface area contributed by atoms with Crippen LogP contribution in [0.25, 0.3) is 20.9 Å². The Morgan fingerprint density at radius 2 is 2.03 bits per heavy atom. The number of benzene rings is 1. The van der Waals surface area contributed by atoms with Gasteiger partial charge in [0.2, 0.25) is 0 Å². The third kappa shape index (κ3) is 4.01. The minimum atomic E-state index is -1.06. The van der Waals surface area contributed by atoms with Crippen LogP contribution >= 0.6 is 34.3 Å². The molecule has 9 heteroatoms. The molecule has 1 aliphatic rings. The quantitative estimate of drug-likeness (QED) is 0.294. The number of carboxylic acids is 1. The summed E-state index contributed by atoms with van der Waals surface area (Å²) in [5.74, 6) is -0.401. The molecular formula is C22H16ClN3O3S2. The van der Waals surface area contributed by atoms with E-state index < -0.39 is 5.97 Å². The highest BCUT2D eigenvalue weighted by molar-refractivity contribution is 7.19. The van der Waals surface area contributed by atoms with Gasteiger partial charge in [-0.15, -0.1) is 11.3 Å². The predicted octanol–water partition coefficient (Wildman–Crippen LogP) is 6.61. The minimum absolute atomic E-state index is 0.0300. The third-order valence-electron chi connectivity index (χ3n) is 4.98. The Kier molecular flexibility index (Phi) is 5.13. The molecule has 0 unspecified atom stereocenters. The van der Waals surface area contributed by atoms with Crippen molar-refractivity contribution in [2.45, 2.75) is 18.8 Å². The molecule has 0 amide bonds. The molecule has 1 fully saturated rings. The van der Waals surface area contributed by atoms with Crippen molar-refractivity contribution in [3.05, 3.63) is 64.3 Å². The number of aromatic nitrogens is 2. The highest BCUT2D eigenvalue weighted by Crippen LogP contribution is 2.48. The summed E-state index contributed by atoms with van der Waals surface area (Å²) < 4.78 is 0. The average Bonchev–Trinajstić information content (AvgIpc) is 3.28. The van der Waals surface area contributed by atoms with E-state index in [0.29, 0.717) is 11.0 Å². The van der Waals surface area contributed by atoms with E-state index in [-0.39, 0.29) is 22.2 Å². The summed E-state index contributed by atoms with van der Waals surface area (Å²) >= 11 is 9.05. The van der Waals surface area contributed by atoms with Crippen molar-refractivity contribution < 1.29 is 15.0 Å². The lowest BCUT2D eigenvalue weighted by Gasteiger charge is -2.07. The number of aromatic hydroxyl groups is 1. The van der Waals surface area contributed by atoms with Gasteiger partial charge in [-0.1, -0.05) is 29.0 Å². The highest BCUT2D eigenvalue weighted by Gasteiger charge is 2.30. The van der Waals surface area contributed by atoms with E-state index >= 15 is 0 Å². The molecule has 31 heavy (non-hydrogen) atoms. The molecule has 3 heterocycles. The predicted molar refractivity (Wildman–Crippen MR) is 124 cm³/mol. The van der Waals surface area contributed by atoms with Gasteiger partial charge in [0.25, 0.3) is 0 Å². The van der Waals surface area contributed by atoms with Gasteiger partial charge in [-0.25, -0.2) is 14.8 Å². The second-order valence-corrected chi connectivity index (χ2v) is 9.56. The van der Waals surface area contributed by atoms with Crippen LogP contribution in [0.4, 0.5) is 10.9 Å². The number of aromatic carboxylic acids is 1. The van der Waals surface area contributed by atoms with Gasteiger partial charge in [-0.3, -0.25) is 0 Å². The summed E-state index contributed by atoms with van der Waals surface area (Å²) in [6.07, 6.45) is 3.79. The van der Waals surface area contributed by atoms with Gasteiger partial charge in [-0.2, -0.15) is 0 Å². The zero-order chi connectivity index (χ0) is 21.5. The van der Waals surface area contributed by atoms with Gasteiger partial charge in [0, 0.05) is 22.6 Å². The molecular weight excluding hydrogens is 454 g/mol. The molecule has 1 aliphatic carbocycles. The first-order valence-electron chi connectivity index (χ1n) is 9.53. The molecule has 0 saturated heterocycles. The maximum Gasteiger partial charge on any atom is 0.339 e. The number of pyridine rings is 1. The molecule has 0 bridgehead atoms. The minimum Gasteiger partial charge on any atom is -0.506 e. The first-order valence-corrected chi connectivity index (χ1v) is 11.6. The molecule has 1 saturated carbocycles. The number of nitrogens with zero attached hydrogens (tertiary/aromatic N) is 2. The Labute approximate surface area is 190 Å². The number of halogens is 1. The monoisotopic (exact) mass is 469 g/mol. The van der Waals surface area contributed by atoms with Crippen LogP contribution in [0.1, 0.15) is 34.8 Å². The van der Waals surface area contributed by atoms with Gasteiger partial charge < -0.3 is 15.5 Å². The zero-order valence-electron chi connectivity index (χ0n) is 16.0. The van der Waals surface area contributed by atoms with E-state index in [9.17, 15) is 15.0 Å². The fourth-order valence-corrected chi connectivity index (χ4v) is 5.22. The number of thiazole rings is 1. The summed E-state index contributed by atoms with van der Waals surface area (Å²) in [5.41, 5.74) is 2.68. The summed E-state index contributed by atoms with van der Waals surface area (Å²) in [7, 11) is 0. The lowest BCUT2D eigenvalue weighted by Crippen LogP contribution is -2.05. The van der Waals surface area contributed by atoms with Crippen LogP contribution in [0.3, 0.4) is 0 Å². The molecule has 0 atom stereocenters. The third-order valence-corrected chi connectivity index (χ3v) is 7.23. The van der Waals surface area contributed by atoms with Gasteiger partial charge in [-0.05, 0) is 54.1 Å². The molecule has 0 aliphatic heterocycles. The van der Waals surface area contributed by atoms with Crippen molar-refractivity contribution in [3.63, 3.8) is 0 Å². The van der Waals surface area contributed by atoms with Crippen molar-refractivity contribution in [2.24, 2.45) is 0 Å². The van der Waals surface area contributed by atoms with Crippen LogP contribution < -0.4 is 5.32 Å². The lowest BCUT2D eigenvalue weighted by atomic mass is 10.1. The smallest absolute Gasteiger partial charge is 0.339 e. The number of hydrogen-bond acceptors (Lipinski definition) is 7. The van der Waals surface area contributed by atoms with Crippen molar-refractivity contribution in [1.82, 2.24) is 9.97 Å². The summed E-state index contributed by atoms with van der Waals surface area (Å²) in [6.45, 7) is 0. The largest absolute Gasteiger partial charge is 0.506 e. The number of rotatable bonds is 6. The standard InChI is InChI=1S/C22H16ClN3O3S2/c23-15-9-12(5-6-16(15)27)19-18(11-3-4-11)25-22(31-19)26-20-14(21(28)29)8-13(10-24-20)17-2-1-7-30-17/h1-2,5-11,27H,3-4H2,(H,28,29)(H,24,25,26). The number of thiophene rings is 1. The number of carboxylic acid groups (broad SMARTS) is 1. The number of hydrogen-bond donors (Lipinski definition) is 3. The first-order chi connectivity index (χ1) is 15.0. The molecule has 3 aromatic heterocycles. The Balaban J connectivity index is 1.51. The average molecular weight is 470 g/mol. The Morgan fingerprint density at radius 1 is 1.19 bits per heavy atom. The Bertz CT molecular complexity index is 1280. The summed E-state index contributed by atoms with van der Waals surface area (Å²) in [4.78, 5) is 22.9. The lowest BCUT2D eigenvalue weighted by molar-refractivity contribution is 0.0697. The normalized spacial score (nSPS) is 13.3. The number of anilines is 2. The van der Waals surface area contributed by atoms with Gasteiger partial charge in [0.1, 0.15) is 17.1 Å². The highest BCUT2D eigenvalue weighted by atomic mass is 35.5. The van der Waals surface area contributed by atoms with Crippen LogP contribution in [-0.4, -0.2) is 26.2 Å². The van der Waals surface area contributed by atoms with Crippen LogP contribution in [0, 0.1) is 0 Å². The molecule has 156 valence electrons. The fourth-order valence-electron chi connectivity index (χ4n) is 3.28. The van der Waals surface area contributed by atoms with Gasteiger partial charge in [0.05, 0.1) is 15.6 Å². The van der Waals surface area contributed by atoms with Crippen LogP contribution in [0.5, 0.6) is 5.75 Å². The molecule has 5 rings (SSSR count).